The molecule has 0 spiro atoms. The summed E-state index contributed by atoms with van der Waals surface area (Å²) >= 11 is 0. The normalized spacial score (nSPS) is 25.3. The van der Waals surface area contributed by atoms with Gasteiger partial charge in [0.25, 0.3) is 0 Å². The predicted molar refractivity (Wildman–Crippen MR) is 64.8 cm³/mol. The van der Waals surface area contributed by atoms with Gasteiger partial charge >= 0.3 is 0 Å². The highest BCUT2D eigenvalue weighted by Gasteiger charge is 2.24. The number of phenols is 1. The summed E-state index contributed by atoms with van der Waals surface area (Å²) in [6.45, 7) is 0. The van der Waals surface area contributed by atoms with Gasteiger partial charge in [-0.1, -0.05) is 18.9 Å². The van der Waals surface area contributed by atoms with E-state index in [1.54, 1.807) is 19.2 Å². The molecule has 1 aliphatic carbocycles. The molecule has 0 amide bonds. The first kappa shape index (κ1) is 11.3. The molecule has 0 radical (unpaired) electrons. The number of phenolic OH excluding ortho intramolecular Hbond substituents is 1. The maximum Gasteiger partial charge on any atom is 0.117 e. The number of hydrogen-bond acceptors (Lipinski definition) is 3. The van der Waals surface area contributed by atoms with Crippen molar-refractivity contribution in [1.29, 1.82) is 0 Å². The molecule has 0 heterocycles. The Kier molecular flexibility index (Phi) is 3.67. The lowest BCUT2D eigenvalue weighted by Gasteiger charge is -2.31. The monoisotopic (exact) mass is 221 g/mol. The second-order valence-electron chi connectivity index (χ2n) is 4.36. The smallest absolute Gasteiger partial charge is 0.117 e. The molecule has 0 aliphatic heterocycles. The van der Waals surface area contributed by atoms with Crippen LogP contribution in [0.15, 0.2) is 24.3 Å². The number of anilines is 1. The van der Waals surface area contributed by atoms with Gasteiger partial charge in [0.1, 0.15) is 5.75 Å². The van der Waals surface area contributed by atoms with E-state index in [1.165, 1.54) is 12.8 Å². The van der Waals surface area contributed by atoms with Crippen LogP contribution in [0.25, 0.3) is 0 Å². The summed E-state index contributed by atoms with van der Waals surface area (Å²) < 4.78 is 5.48. The van der Waals surface area contributed by atoms with Gasteiger partial charge in [0.15, 0.2) is 0 Å². The van der Waals surface area contributed by atoms with Crippen LogP contribution in [0, 0.1) is 0 Å². The van der Waals surface area contributed by atoms with Crippen LogP contribution >= 0.6 is 0 Å². The number of ether oxygens (including phenoxy) is 1. The Morgan fingerprint density at radius 1 is 1.31 bits per heavy atom. The summed E-state index contributed by atoms with van der Waals surface area (Å²) in [6.07, 6.45) is 5.03. The van der Waals surface area contributed by atoms with Gasteiger partial charge < -0.3 is 15.2 Å². The molecule has 88 valence electrons. The molecule has 1 fully saturated rings. The molecule has 0 aromatic heterocycles. The van der Waals surface area contributed by atoms with Crippen LogP contribution < -0.4 is 5.32 Å². The van der Waals surface area contributed by atoms with E-state index < -0.39 is 0 Å². The molecule has 2 unspecified atom stereocenters. The fraction of sp³-hybridized carbons (Fsp3) is 0.538. The van der Waals surface area contributed by atoms with Crippen LogP contribution in [0.2, 0.25) is 0 Å². The molecule has 0 saturated heterocycles. The number of aromatic hydroxyl groups is 1. The molecule has 2 N–H and O–H groups in total. The van der Waals surface area contributed by atoms with Crippen LogP contribution in [-0.4, -0.2) is 24.4 Å². The van der Waals surface area contributed by atoms with E-state index in [0.717, 1.165) is 18.5 Å². The van der Waals surface area contributed by atoms with Gasteiger partial charge in [-0.25, -0.2) is 0 Å². The van der Waals surface area contributed by atoms with E-state index in [4.69, 9.17) is 4.74 Å². The van der Waals surface area contributed by atoms with E-state index in [-0.39, 0.29) is 6.10 Å². The molecule has 2 rings (SSSR count). The minimum Gasteiger partial charge on any atom is -0.508 e. The standard InChI is InChI=1S/C13H19NO2/c1-16-13-8-3-2-7-12(13)14-10-5-4-6-11(15)9-10/h4-6,9,12-15H,2-3,7-8H2,1H3. The highest BCUT2D eigenvalue weighted by atomic mass is 16.5. The Morgan fingerprint density at radius 2 is 2.12 bits per heavy atom. The minimum absolute atomic E-state index is 0.288. The fourth-order valence-corrected chi connectivity index (χ4v) is 2.35. The number of methoxy groups -OCH3 is 1. The molecule has 1 saturated carbocycles. The van der Waals surface area contributed by atoms with Gasteiger partial charge in [0.05, 0.1) is 12.1 Å². The highest BCUT2D eigenvalue weighted by molar-refractivity contribution is 5.48. The Labute approximate surface area is 96.4 Å². The molecule has 1 aromatic carbocycles. The number of nitrogens with one attached hydrogen (secondary N) is 1. The first-order chi connectivity index (χ1) is 7.79. The summed E-state index contributed by atoms with van der Waals surface area (Å²) in [7, 11) is 1.77. The summed E-state index contributed by atoms with van der Waals surface area (Å²) in [4.78, 5) is 0. The number of benzene rings is 1. The molecule has 1 aliphatic rings. The maximum absolute atomic E-state index is 9.39. The summed E-state index contributed by atoms with van der Waals surface area (Å²) in [5.41, 5.74) is 0.967. The van der Waals surface area contributed by atoms with Gasteiger partial charge in [-0.2, -0.15) is 0 Å². The van der Waals surface area contributed by atoms with Crippen LogP contribution in [0.3, 0.4) is 0 Å². The van der Waals surface area contributed by atoms with Crippen molar-refractivity contribution in [3.63, 3.8) is 0 Å². The predicted octanol–water partition coefficient (Wildman–Crippen LogP) is 2.76. The Bertz CT molecular complexity index is 340. The Balaban J connectivity index is 2.02. The van der Waals surface area contributed by atoms with Crippen molar-refractivity contribution < 1.29 is 9.84 Å². The highest BCUT2D eigenvalue weighted by Crippen LogP contribution is 2.25. The van der Waals surface area contributed by atoms with Gasteiger partial charge in [-0.3, -0.25) is 0 Å². The van der Waals surface area contributed by atoms with E-state index in [0.29, 0.717) is 11.8 Å². The van der Waals surface area contributed by atoms with Gasteiger partial charge in [-0.15, -0.1) is 0 Å². The van der Waals surface area contributed by atoms with Crippen LogP contribution in [0.5, 0.6) is 5.75 Å². The van der Waals surface area contributed by atoms with Crippen molar-refractivity contribution in [2.24, 2.45) is 0 Å². The van der Waals surface area contributed by atoms with Crippen molar-refractivity contribution >= 4 is 5.69 Å². The number of rotatable bonds is 3. The minimum atomic E-state index is 0.288. The third-order valence-electron chi connectivity index (χ3n) is 3.20. The zero-order chi connectivity index (χ0) is 11.4. The van der Waals surface area contributed by atoms with Crippen LogP contribution in [-0.2, 0) is 4.74 Å². The lowest BCUT2D eigenvalue weighted by molar-refractivity contribution is 0.0606. The van der Waals surface area contributed by atoms with E-state index in [9.17, 15) is 5.11 Å². The maximum atomic E-state index is 9.39. The fourth-order valence-electron chi connectivity index (χ4n) is 2.35. The zero-order valence-electron chi connectivity index (χ0n) is 9.65. The Morgan fingerprint density at radius 3 is 2.88 bits per heavy atom. The van der Waals surface area contributed by atoms with Crippen molar-refractivity contribution in [3.8, 4) is 5.75 Å². The summed E-state index contributed by atoms with van der Waals surface area (Å²) in [5.74, 6) is 0.301. The van der Waals surface area contributed by atoms with E-state index in [1.807, 2.05) is 12.1 Å². The Hall–Kier alpha value is -1.22. The first-order valence-corrected chi connectivity index (χ1v) is 5.88. The van der Waals surface area contributed by atoms with Gasteiger partial charge in [0.2, 0.25) is 0 Å². The van der Waals surface area contributed by atoms with Crippen molar-refractivity contribution in [3.05, 3.63) is 24.3 Å². The second-order valence-corrected chi connectivity index (χ2v) is 4.36. The van der Waals surface area contributed by atoms with Crippen LogP contribution in [0.1, 0.15) is 25.7 Å². The molecule has 16 heavy (non-hydrogen) atoms. The van der Waals surface area contributed by atoms with Crippen molar-refractivity contribution in [2.75, 3.05) is 12.4 Å². The van der Waals surface area contributed by atoms with Crippen LogP contribution in [0.4, 0.5) is 5.69 Å². The van der Waals surface area contributed by atoms with E-state index >= 15 is 0 Å². The third kappa shape index (κ3) is 2.67. The average Bonchev–Trinajstić information content (AvgIpc) is 2.30. The van der Waals surface area contributed by atoms with Gasteiger partial charge in [-0.05, 0) is 25.0 Å². The largest absolute Gasteiger partial charge is 0.508 e. The lowest BCUT2D eigenvalue weighted by atomic mass is 9.92. The third-order valence-corrected chi connectivity index (χ3v) is 3.20. The molecule has 2 atom stereocenters. The van der Waals surface area contributed by atoms with E-state index in [2.05, 4.69) is 5.32 Å². The lowest BCUT2D eigenvalue weighted by Crippen LogP contribution is -2.37. The average molecular weight is 221 g/mol. The second kappa shape index (κ2) is 5.21. The van der Waals surface area contributed by atoms with Crippen molar-refractivity contribution in [2.45, 2.75) is 37.8 Å². The first-order valence-electron chi connectivity index (χ1n) is 5.88. The SMILES string of the molecule is COC1CCCCC1Nc1cccc(O)c1. The molecule has 3 heteroatoms. The zero-order valence-corrected chi connectivity index (χ0v) is 9.65. The van der Waals surface area contributed by atoms with Gasteiger partial charge in [0, 0.05) is 18.9 Å². The molecule has 1 aromatic rings. The molecule has 0 bridgehead atoms. The molecular weight excluding hydrogens is 202 g/mol. The quantitative estimate of drug-likeness (QED) is 0.824. The van der Waals surface area contributed by atoms with Crippen molar-refractivity contribution in [1.82, 2.24) is 0 Å². The summed E-state index contributed by atoms with van der Waals surface area (Å²) in [6, 6.07) is 7.62. The topological polar surface area (TPSA) is 41.5 Å². The summed E-state index contributed by atoms with van der Waals surface area (Å²) in [5, 5.41) is 12.8. The molecule has 3 nitrogen and oxygen atoms in total. The molecular formula is C13H19NO2. The number of hydrogen-bond donors (Lipinski definition) is 2.